The van der Waals surface area contributed by atoms with Crippen LogP contribution in [0, 0.1) is 0 Å². The highest BCUT2D eigenvalue weighted by atomic mass is 16.5. The number of hydrogen-bond donors (Lipinski definition) is 2. The molecule has 3 N–H and O–H groups in total. The van der Waals surface area contributed by atoms with Gasteiger partial charge in [-0.15, -0.1) is 0 Å². The molecule has 25 heavy (non-hydrogen) atoms. The fourth-order valence-electron chi connectivity index (χ4n) is 3.18. The molecular formula is C20H24N2O3. The number of carbonyl (C=O) groups is 1. The van der Waals surface area contributed by atoms with Crippen molar-refractivity contribution in [3.63, 3.8) is 0 Å². The summed E-state index contributed by atoms with van der Waals surface area (Å²) in [5, 5.41) is 3.20. The van der Waals surface area contributed by atoms with Crippen LogP contribution in [0.5, 0.6) is 11.5 Å². The largest absolute Gasteiger partial charge is 0.493 e. The van der Waals surface area contributed by atoms with Crippen molar-refractivity contribution < 1.29 is 14.3 Å². The van der Waals surface area contributed by atoms with E-state index in [1.807, 2.05) is 48.5 Å². The number of hydrogen-bond acceptors (Lipinski definition) is 4. The van der Waals surface area contributed by atoms with Gasteiger partial charge in [0.1, 0.15) is 6.04 Å². The molecule has 1 atom stereocenters. The maximum absolute atomic E-state index is 11.9. The summed E-state index contributed by atoms with van der Waals surface area (Å²) in [6.45, 7) is 0. The third-order valence-electron chi connectivity index (χ3n) is 4.49. The van der Waals surface area contributed by atoms with Crippen molar-refractivity contribution in [2.24, 2.45) is 5.73 Å². The minimum absolute atomic E-state index is 0.227. The van der Waals surface area contributed by atoms with Crippen LogP contribution in [-0.4, -0.2) is 19.1 Å². The molecule has 0 saturated heterocycles. The summed E-state index contributed by atoms with van der Waals surface area (Å²) in [6, 6.07) is 14.4. The van der Waals surface area contributed by atoms with Crippen LogP contribution in [0.2, 0.25) is 0 Å². The zero-order chi connectivity index (χ0) is 17.6. The Morgan fingerprint density at radius 1 is 1.12 bits per heavy atom. The maximum Gasteiger partial charge on any atom is 0.244 e. The van der Waals surface area contributed by atoms with Gasteiger partial charge in [0.05, 0.1) is 13.2 Å². The lowest BCUT2D eigenvalue weighted by molar-refractivity contribution is -0.118. The zero-order valence-corrected chi connectivity index (χ0v) is 14.4. The van der Waals surface area contributed by atoms with Crippen molar-refractivity contribution in [1.29, 1.82) is 0 Å². The summed E-state index contributed by atoms with van der Waals surface area (Å²) in [5.74, 6) is 0.948. The van der Waals surface area contributed by atoms with E-state index < -0.39 is 11.9 Å². The second-order valence-electron chi connectivity index (χ2n) is 6.28. The van der Waals surface area contributed by atoms with E-state index in [1.54, 1.807) is 7.11 Å². The van der Waals surface area contributed by atoms with Crippen molar-refractivity contribution in [3.05, 3.63) is 54.1 Å². The molecule has 3 rings (SSSR count). The van der Waals surface area contributed by atoms with Crippen molar-refractivity contribution in [2.45, 2.75) is 37.8 Å². The van der Waals surface area contributed by atoms with Crippen molar-refractivity contribution in [3.8, 4) is 11.5 Å². The lowest BCUT2D eigenvalue weighted by Gasteiger charge is -2.20. The van der Waals surface area contributed by atoms with Gasteiger partial charge in [0.25, 0.3) is 0 Å². The number of methoxy groups -OCH3 is 1. The van der Waals surface area contributed by atoms with Crippen LogP contribution in [0.4, 0.5) is 5.69 Å². The van der Waals surface area contributed by atoms with Crippen LogP contribution < -0.4 is 20.5 Å². The predicted molar refractivity (Wildman–Crippen MR) is 97.9 cm³/mol. The first-order valence-electron chi connectivity index (χ1n) is 8.63. The molecule has 1 aliphatic carbocycles. The molecule has 0 heterocycles. The van der Waals surface area contributed by atoms with E-state index in [4.69, 9.17) is 15.2 Å². The molecule has 0 spiro atoms. The van der Waals surface area contributed by atoms with Gasteiger partial charge in [0, 0.05) is 11.8 Å². The lowest BCUT2D eigenvalue weighted by atomic mass is 10.1. The molecular weight excluding hydrogens is 316 g/mol. The molecule has 0 radical (unpaired) electrons. The Kier molecular flexibility index (Phi) is 5.43. The molecule has 1 saturated carbocycles. The first-order chi connectivity index (χ1) is 12.2. The van der Waals surface area contributed by atoms with Crippen LogP contribution in [0.1, 0.15) is 37.3 Å². The normalized spacial score (nSPS) is 15.6. The van der Waals surface area contributed by atoms with E-state index in [9.17, 15) is 4.79 Å². The predicted octanol–water partition coefficient (Wildman–Crippen LogP) is 3.66. The van der Waals surface area contributed by atoms with Crippen molar-refractivity contribution in [1.82, 2.24) is 0 Å². The van der Waals surface area contributed by atoms with E-state index >= 15 is 0 Å². The Morgan fingerprint density at radius 3 is 2.48 bits per heavy atom. The van der Waals surface area contributed by atoms with Crippen LogP contribution in [0.15, 0.2) is 48.5 Å². The number of benzene rings is 2. The van der Waals surface area contributed by atoms with E-state index in [2.05, 4.69) is 5.32 Å². The molecule has 1 fully saturated rings. The Bertz CT molecular complexity index is 712. The first-order valence-corrected chi connectivity index (χ1v) is 8.63. The zero-order valence-electron chi connectivity index (χ0n) is 14.4. The highest BCUT2D eigenvalue weighted by molar-refractivity contribution is 5.84. The lowest BCUT2D eigenvalue weighted by Crippen LogP contribution is -2.27. The Labute approximate surface area is 148 Å². The fraction of sp³-hybridized carbons (Fsp3) is 0.350. The average Bonchev–Trinajstić information content (AvgIpc) is 3.13. The number of rotatable bonds is 7. The van der Waals surface area contributed by atoms with Gasteiger partial charge < -0.3 is 20.5 Å². The third kappa shape index (κ3) is 4.24. The summed E-state index contributed by atoms with van der Waals surface area (Å²) in [4.78, 5) is 11.9. The molecule has 1 amide bonds. The third-order valence-corrected chi connectivity index (χ3v) is 4.49. The standard InChI is InChI=1S/C20H24N2O3/c1-24-17-12-11-15(13-18(17)25-16-9-5-6-10-16)22-19(20(21)23)14-7-3-2-4-8-14/h2-4,7-8,11-13,16,19,22H,5-6,9-10H2,1H3,(H2,21,23)/t19-/m0/s1. The molecule has 5 nitrogen and oxygen atoms in total. The summed E-state index contributed by atoms with van der Waals surface area (Å²) >= 11 is 0. The van der Waals surface area contributed by atoms with Gasteiger partial charge in [0.15, 0.2) is 11.5 Å². The molecule has 2 aromatic rings. The van der Waals surface area contributed by atoms with Gasteiger partial charge >= 0.3 is 0 Å². The summed E-state index contributed by atoms with van der Waals surface area (Å²) in [6.07, 6.45) is 4.75. The Balaban J connectivity index is 1.82. The van der Waals surface area contributed by atoms with Crippen LogP contribution >= 0.6 is 0 Å². The molecule has 0 unspecified atom stereocenters. The van der Waals surface area contributed by atoms with Crippen LogP contribution in [0.25, 0.3) is 0 Å². The Hall–Kier alpha value is -2.69. The van der Waals surface area contributed by atoms with Gasteiger partial charge in [0.2, 0.25) is 5.91 Å². The first kappa shape index (κ1) is 17.1. The Morgan fingerprint density at radius 2 is 1.84 bits per heavy atom. The monoisotopic (exact) mass is 340 g/mol. The number of nitrogens with one attached hydrogen (secondary N) is 1. The SMILES string of the molecule is COc1ccc(N[C@H](C(N)=O)c2ccccc2)cc1OC1CCCC1. The van der Waals surface area contributed by atoms with Gasteiger partial charge in [-0.25, -0.2) is 0 Å². The molecule has 1 aliphatic rings. The molecule has 5 heteroatoms. The number of nitrogens with two attached hydrogens (primary N) is 1. The van der Waals surface area contributed by atoms with Gasteiger partial charge in [-0.3, -0.25) is 4.79 Å². The molecule has 0 aromatic heterocycles. The summed E-state index contributed by atoms with van der Waals surface area (Å²) < 4.78 is 11.5. The number of amides is 1. The second kappa shape index (κ2) is 7.92. The fourth-order valence-corrected chi connectivity index (χ4v) is 3.18. The highest BCUT2D eigenvalue weighted by Crippen LogP contribution is 2.34. The smallest absolute Gasteiger partial charge is 0.244 e. The summed E-state index contributed by atoms with van der Waals surface area (Å²) in [5.41, 5.74) is 7.17. The highest BCUT2D eigenvalue weighted by Gasteiger charge is 2.21. The van der Waals surface area contributed by atoms with Crippen molar-refractivity contribution >= 4 is 11.6 Å². The van der Waals surface area contributed by atoms with Gasteiger partial charge in [-0.05, 0) is 43.4 Å². The average molecular weight is 340 g/mol. The van der Waals surface area contributed by atoms with Crippen LogP contribution in [0.3, 0.4) is 0 Å². The van der Waals surface area contributed by atoms with E-state index in [1.165, 1.54) is 12.8 Å². The molecule has 132 valence electrons. The van der Waals surface area contributed by atoms with E-state index in [0.29, 0.717) is 11.5 Å². The summed E-state index contributed by atoms with van der Waals surface area (Å²) in [7, 11) is 1.63. The second-order valence-corrected chi connectivity index (χ2v) is 6.28. The molecule has 0 aliphatic heterocycles. The molecule has 0 bridgehead atoms. The number of ether oxygens (including phenoxy) is 2. The van der Waals surface area contributed by atoms with Crippen LogP contribution in [-0.2, 0) is 4.79 Å². The minimum Gasteiger partial charge on any atom is -0.493 e. The van der Waals surface area contributed by atoms with E-state index in [0.717, 1.165) is 24.1 Å². The topological polar surface area (TPSA) is 73.6 Å². The van der Waals surface area contributed by atoms with Gasteiger partial charge in [-0.2, -0.15) is 0 Å². The van der Waals surface area contributed by atoms with E-state index in [-0.39, 0.29) is 6.10 Å². The minimum atomic E-state index is -0.603. The van der Waals surface area contributed by atoms with Gasteiger partial charge in [-0.1, -0.05) is 30.3 Å². The molecule has 2 aromatic carbocycles. The van der Waals surface area contributed by atoms with Crippen molar-refractivity contribution in [2.75, 3.05) is 12.4 Å². The quantitative estimate of drug-likeness (QED) is 0.807. The maximum atomic E-state index is 11.9. The number of primary amides is 1. The number of anilines is 1. The number of carbonyl (C=O) groups excluding carboxylic acids is 1.